The molecule has 1 saturated heterocycles. The maximum Gasteiger partial charge on any atom is 0.303 e. The van der Waals surface area contributed by atoms with Crippen LogP contribution in [-0.2, 0) is 9.53 Å². The summed E-state index contributed by atoms with van der Waals surface area (Å²) in [4.78, 5) is 13.3. The molecule has 3 nitrogen and oxygen atoms in total. The van der Waals surface area contributed by atoms with Crippen LogP contribution in [0.2, 0.25) is 0 Å². The summed E-state index contributed by atoms with van der Waals surface area (Å²) in [7, 11) is 0. The average Bonchev–Trinajstić information content (AvgIpc) is 2.28. The van der Waals surface area contributed by atoms with Gasteiger partial charge in [-0.25, -0.2) is 0 Å². The van der Waals surface area contributed by atoms with Gasteiger partial charge in [-0.15, -0.1) is 6.58 Å². The van der Waals surface area contributed by atoms with E-state index in [1.807, 2.05) is 24.3 Å². The van der Waals surface area contributed by atoms with Crippen molar-refractivity contribution >= 4 is 5.97 Å². The van der Waals surface area contributed by atoms with Crippen LogP contribution < -0.4 is 0 Å². The first-order valence-electron chi connectivity index (χ1n) is 5.79. The molecule has 90 valence electrons. The highest BCUT2D eigenvalue weighted by Crippen LogP contribution is 2.35. The second kappa shape index (κ2) is 5.15. The molecule has 1 aliphatic heterocycles. The highest BCUT2D eigenvalue weighted by Gasteiger charge is 2.41. The fraction of sp³-hybridized carbons (Fsp3) is 0.357. The minimum Gasteiger partial charge on any atom is -0.459 e. The van der Waals surface area contributed by atoms with Crippen molar-refractivity contribution in [3.63, 3.8) is 0 Å². The fourth-order valence-electron chi connectivity index (χ4n) is 2.29. The van der Waals surface area contributed by atoms with Crippen molar-refractivity contribution in [2.75, 3.05) is 13.1 Å². The molecule has 17 heavy (non-hydrogen) atoms. The Morgan fingerprint density at radius 3 is 2.82 bits per heavy atom. The van der Waals surface area contributed by atoms with E-state index in [2.05, 4.69) is 23.6 Å². The highest BCUT2D eigenvalue weighted by atomic mass is 16.5. The van der Waals surface area contributed by atoms with Crippen LogP contribution in [0.15, 0.2) is 43.0 Å². The van der Waals surface area contributed by atoms with Crippen molar-refractivity contribution in [1.82, 2.24) is 4.90 Å². The van der Waals surface area contributed by atoms with E-state index in [4.69, 9.17) is 4.74 Å². The average molecular weight is 231 g/mol. The molecular weight excluding hydrogens is 214 g/mol. The van der Waals surface area contributed by atoms with Crippen molar-refractivity contribution in [3.8, 4) is 0 Å². The molecule has 2 atom stereocenters. The predicted molar refractivity (Wildman–Crippen MR) is 66.5 cm³/mol. The number of carbonyl (C=O) groups excluding carboxylic acids is 1. The molecule has 0 bridgehead atoms. The van der Waals surface area contributed by atoms with Gasteiger partial charge in [0.25, 0.3) is 0 Å². The van der Waals surface area contributed by atoms with Crippen LogP contribution in [0.3, 0.4) is 0 Å². The summed E-state index contributed by atoms with van der Waals surface area (Å²) in [6.45, 7) is 6.80. The van der Waals surface area contributed by atoms with Gasteiger partial charge in [-0.2, -0.15) is 0 Å². The van der Waals surface area contributed by atoms with Crippen LogP contribution >= 0.6 is 0 Å². The van der Waals surface area contributed by atoms with E-state index < -0.39 is 0 Å². The van der Waals surface area contributed by atoms with E-state index in [-0.39, 0.29) is 18.1 Å². The van der Waals surface area contributed by atoms with Crippen molar-refractivity contribution in [3.05, 3.63) is 48.6 Å². The van der Waals surface area contributed by atoms with Crippen LogP contribution in [0.4, 0.5) is 0 Å². The number of hydrogen-bond donors (Lipinski definition) is 0. The van der Waals surface area contributed by atoms with Crippen LogP contribution in [0.25, 0.3) is 0 Å². The van der Waals surface area contributed by atoms with Crippen LogP contribution in [-0.4, -0.2) is 30.1 Å². The Balaban J connectivity index is 2.12. The normalized spacial score (nSPS) is 23.8. The quantitative estimate of drug-likeness (QED) is 0.587. The van der Waals surface area contributed by atoms with Crippen LogP contribution in [0.1, 0.15) is 18.5 Å². The largest absolute Gasteiger partial charge is 0.459 e. The van der Waals surface area contributed by atoms with Crippen molar-refractivity contribution in [1.29, 1.82) is 0 Å². The lowest BCUT2D eigenvalue weighted by molar-refractivity contribution is -0.162. The third kappa shape index (κ3) is 2.56. The first kappa shape index (κ1) is 11.9. The topological polar surface area (TPSA) is 29.5 Å². The predicted octanol–water partition coefficient (Wildman–Crippen LogP) is 2.16. The van der Waals surface area contributed by atoms with Gasteiger partial charge in [-0.05, 0) is 5.56 Å². The standard InChI is InChI=1S/C14H17NO2/c1-3-9-15-10-13(17-11(2)16)14(15)12-7-5-4-6-8-12/h3-8,13-14H,1,9-10H2,2H3/t13-,14+/m1/s1. The number of esters is 1. The molecule has 2 rings (SSSR count). The van der Waals surface area contributed by atoms with E-state index in [0.717, 1.165) is 13.1 Å². The second-order valence-electron chi connectivity index (χ2n) is 4.25. The minimum absolute atomic E-state index is 0.0325. The zero-order valence-corrected chi connectivity index (χ0v) is 10.0. The molecule has 1 aliphatic rings. The van der Waals surface area contributed by atoms with Gasteiger partial charge in [0.1, 0.15) is 6.10 Å². The smallest absolute Gasteiger partial charge is 0.303 e. The molecule has 1 heterocycles. The summed E-state index contributed by atoms with van der Waals surface area (Å²) < 4.78 is 5.31. The first-order chi connectivity index (χ1) is 8.22. The lowest BCUT2D eigenvalue weighted by atomic mass is 9.91. The van der Waals surface area contributed by atoms with Gasteiger partial charge in [0.15, 0.2) is 0 Å². The van der Waals surface area contributed by atoms with Crippen molar-refractivity contribution in [2.45, 2.75) is 19.1 Å². The lowest BCUT2D eigenvalue weighted by Crippen LogP contribution is -2.55. The summed E-state index contributed by atoms with van der Waals surface area (Å²) in [6.07, 6.45) is 1.84. The highest BCUT2D eigenvalue weighted by molar-refractivity contribution is 5.66. The molecule has 1 fully saturated rings. The summed E-state index contributed by atoms with van der Waals surface area (Å²) in [5.41, 5.74) is 1.19. The number of nitrogens with zero attached hydrogens (tertiary/aromatic N) is 1. The third-order valence-electron chi connectivity index (χ3n) is 2.98. The molecule has 0 N–H and O–H groups in total. The Morgan fingerprint density at radius 2 is 2.24 bits per heavy atom. The first-order valence-corrected chi connectivity index (χ1v) is 5.79. The van der Waals surface area contributed by atoms with Gasteiger partial charge in [-0.1, -0.05) is 36.4 Å². The van der Waals surface area contributed by atoms with Gasteiger partial charge in [0.05, 0.1) is 6.04 Å². The Kier molecular flexibility index (Phi) is 3.59. The molecule has 0 amide bonds. The SMILES string of the molecule is C=CCN1C[C@@H](OC(C)=O)[C@@H]1c1ccccc1. The van der Waals surface area contributed by atoms with Gasteiger partial charge in [0, 0.05) is 20.0 Å². The summed E-state index contributed by atoms with van der Waals surface area (Å²) in [6, 6.07) is 10.3. The number of carbonyl (C=O) groups is 1. The number of hydrogen-bond acceptors (Lipinski definition) is 3. The molecule has 1 aromatic rings. The molecule has 0 radical (unpaired) electrons. The van der Waals surface area contributed by atoms with E-state index in [1.165, 1.54) is 12.5 Å². The molecule has 1 aromatic carbocycles. The van der Waals surface area contributed by atoms with Crippen LogP contribution in [0, 0.1) is 0 Å². The second-order valence-corrected chi connectivity index (χ2v) is 4.25. The molecular formula is C14H17NO2. The zero-order valence-electron chi connectivity index (χ0n) is 10.0. The fourth-order valence-corrected chi connectivity index (χ4v) is 2.29. The Morgan fingerprint density at radius 1 is 1.53 bits per heavy atom. The zero-order chi connectivity index (χ0) is 12.3. The van der Waals surface area contributed by atoms with Crippen LogP contribution in [0.5, 0.6) is 0 Å². The maximum atomic E-state index is 11.0. The molecule has 3 heteroatoms. The number of rotatable bonds is 4. The van der Waals surface area contributed by atoms with Gasteiger partial charge >= 0.3 is 5.97 Å². The molecule has 0 saturated carbocycles. The number of benzene rings is 1. The van der Waals surface area contributed by atoms with Crippen molar-refractivity contribution < 1.29 is 9.53 Å². The number of ether oxygens (including phenoxy) is 1. The molecule has 0 aliphatic carbocycles. The summed E-state index contributed by atoms with van der Waals surface area (Å²) >= 11 is 0. The molecule has 0 unspecified atom stereocenters. The van der Waals surface area contributed by atoms with Gasteiger partial charge in [-0.3, -0.25) is 9.69 Å². The van der Waals surface area contributed by atoms with E-state index in [1.54, 1.807) is 0 Å². The molecule has 0 spiro atoms. The summed E-state index contributed by atoms with van der Waals surface area (Å²) in [5.74, 6) is -0.214. The minimum atomic E-state index is -0.214. The van der Waals surface area contributed by atoms with Crippen molar-refractivity contribution in [2.24, 2.45) is 0 Å². The van der Waals surface area contributed by atoms with Gasteiger partial charge in [0.2, 0.25) is 0 Å². The Hall–Kier alpha value is -1.61. The lowest BCUT2D eigenvalue weighted by Gasteiger charge is -2.46. The Bertz CT molecular complexity index is 402. The van der Waals surface area contributed by atoms with E-state index >= 15 is 0 Å². The van der Waals surface area contributed by atoms with Gasteiger partial charge < -0.3 is 4.74 Å². The van der Waals surface area contributed by atoms with E-state index in [9.17, 15) is 4.79 Å². The maximum absolute atomic E-state index is 11.0. The Labute approximate surface area is 102 Å². The summed E-state index contributed by atoms with van der Waals surface area (Å²) in [5, 5.41) is 0. The monoisotopic (exact) mass is 231 g/mol. The number of likely N-dealkylation sites (tertiary alicyclic amines) is 1. The van der Waals surface area contributed by atoms with E-state index in [0.29, 0.717) is 0 Å². The third-order valence-corrected chi connectivity index (χ3v) is 2.98. The molecule has 0 aromatic heterocycles.